The number of nitrogens with one attached hydrogen (secondary N) is 1. The Balaban J connectivity index is 1.44. The van der Waals surface area contributed by atoms with Gasteiger partial charge in [-0.05, 0) is 44.0 Å². The third kappa shape index (κ3) is 5.46. The molecule has 3 aromatic rings. The first-order valence-corrected chi connectivity index (χ1v) is 11.4. The average molecular weight is 500 g/mol. The normalized spacial score (nSPS) is 14.9. The molecule has 1 aliphatic heterocycles. The van der Waals surface area contributed by atoms with E-state index in [0.29, 0.717) is 30.4 Å². The van der Waals surface area contributed by atoms with Crippen molar-refractivity contribution in [1.29, 1.82) is 0 Å². The molecule has 1 aliphatic rings. The van der Waals surface area contributed by atoms with Crippen molar-refractivity contribution in [2.75, 3.05) is 37.3 Å². The van der Waals surface area contributed by atoms with Crippen LogP contribution in [0.3, 0.4) is 0 Å². The lowest BCUT2D eigenvalue weighted by Crippen LogP contribution is -2.41. The highest BCUT2D eigenvalue weighted by Crippen LogP contribution is 2.33. The zero-order chi connectivity index (χ0) is 22.5. The van der Waals surface area contributed by atoms with Gasteiger partial charge in [0.1, 0.15) is 24.0 Å². The van der Waals surface area contributed by atoms with Crippen LogP contribution >= 0.6 is 15.9 Å². The van der Waals surface area contributed by atoms with Crippen LogP contribution in [0.15, 0.2) is 47.2 Å². The van der Waals surface area contributed by atoms with Gasteiger partial charge in [0.15, 0.2) is 0 Å². The summed E-state index contributed by atoms with van der Waals surface area (Å²) in [5.41, 5.74) is 8.53. The van der Waals surface area contributed by atoms with Crippen molar-refractivity contribution < 1.29 is 14.3 Å². The molecule has 1 saturated heterocycles. The molecule has 2 aromatic carbocycles. The summed E-state index contributed by atoms with van der Waals surface area (Å²) in [5.74, 6) is 1.12. The molecule has 0 radical (unpaired) electrons. The minimum atomic E-state index is -0.183. The van der Waals surface area contributed by atoms with Gasteiger partial charge in [0, 0.05) is 34.7 Å². The number of halogens is 1. The number of esters is 1. The average Bonchev–Trinajstić information content (AvgIpc) is 2.76. The zero-order valence-corrected chi connectivity index (χ0v) is 19.5. The van der Waals surface area contributed by atoms with Gasteiger partial charge >= 0.3 is 5.97 Å². The van der Waals surface area contributed by atoms with E-state index >= 15 is 0 Å². The maximum atomic E-state index is 11.7. The SMILES string of the molecule is CCOC(=O)CN1CCC(Oc2cc3ncnc(Nc4cccc(Br)c4)c3cc2N)CC1. The number of anilines is 3. The third-order valence-electron chi connectivity index (χ3n) is 5.34. The number of nitrogens with zero attached hydrogens (tertiary/aromatic N) is 3. The molecule has 32 heavy (non-hydrogen) atoms. The number of benzene rings is 2. The van der Waals surface area contributed by atoms with Gasteiger partial charge in [-0.2, -0.15) is 0 Å². The summed E-state index contributed by atoms with van der Waals surface area (Å²) < 4.78 is 12.2. The highest BCUT2D eigenvalue weighted by atomic mass is 79.9. The summed E-state index contributed by atoms with van der Waals surface area (Å²) in [6.07, 6.45) is 3.19. The lowest BCUT2D eigenvalue weighted by atomic mass is 10.1. The number of ether oxygens (including phenoxy) is 2. The minimum Gasteiger partial charge on any atom is -0.488 e. The molecule has 0 spiro atoms. The Labute approximate surface area is 195 Å². The lowest BCUT2D eigenvalue weighted by Gasteiger charge is -2.31. The molecule has 2 heterocycles. The van der Waals surface area contributed by atoms with Crippen LogP contribution in [-0.4, -0.2) is 53.2 Å². The quantitative estimate of drug-likeness (QED) is 0.369. The monoisotopic (exact) mass is 499 g/mol. The molecule has 9 heteroatoms. The van der Waals surface area contributed by atoms with E-state index in [1.54, 1.807) is 0 Å². The zero-order valence-electron chi connectivity index (χ0n) is 17.9. The fourth-order valence-electron chi connectivity index (χ4n) is 3.76. The van der Waals surface area contributed by atoms with Gasteiger partial charge in [0.05, 0.1) is 24.4 Å². The molecule has 0 bridgehead atoms. The molecule has 0 atom stereocenters. The number of rotatable bonds is 7. The number of hydrogen-bond donors (Lipinski definition) is 2. The van der Waals surface area contributed by atoms with Crippen molar-refractivity contribution in [3.63, 3.8) is 0 Å². The van der Waals surface area contributed by atoms with Crippen molar-refractivity contribution in [3.05, 3.63) is 47.2 Å². The van der Waals surface area contributed by atoms with Crippen molar-refractivity contribution in [1.82, 2.24) is 14.9 Å². The minimum absolute atomic E-state index is 0.0364. The van der Waals surface area contributed by atoms with E-state index in [2.05, 4.69) is 36.1 Å². The van der Waals surface area contributed by atoms with Crippen molar-refractivity contribution in [3.8, 4) is 5.75 Å². The predicted octanol–water partition coefficient (Wildman–Crippen LogP) is 4.12. The Hall–Kier alpha value is -2.91. The van der Waals surface area contributed by atoms with E-state index in [0.717, 1.165) is 47.0 Å². The fourth-order valence-corrected chi connectivity index (χ4v) is 4.16. The van der Waals surface area contributed by atoms with E-state index in [4.69, 9.17) is 15.2 Å². The molecule has 3 N–H and O–H groups in total. The summed E-state index contributed by atoms with van der Waals surface area (Å²) in [6, 6.07) is 11.6. The number of aromatic nitrogens is 2. The van der Waals surface area contributed by atoms with E-state index in [9.17, 15) is 4.79 Å². The molecule has 168 valence electrons. The first kappa shape index (κ1) is 22.3. The van der Waals surface area contributed by atoms with Gasteiger partial charge < -0.3 is 20.5 Å². The van der Waals surface area contributed by atoms with E-state index < -0.39 is 0 Å². The molecule has 0 aliphatic carbocycles. The van der Waals surface area contributed by atoms with Crippen LogP contribution in [0, 0.1) is 0 Å². The smallest absolute Gasteiger partial charge is 0.320 e. The van der Waals surface area contributed by atoms with Gasteiger partial charge in [-0.25, -0.2) is 9.97 Å². The Kier molecular flexibility index (Phi) is 7.06. The molecular weight excluding hydrogens is 474 g/mol. The number of nitrogens with two attached hydrogens (primary N) is 1. The summed E-state index contributed by atoms with van der Waals surface area (Å²) in [5, 5.41) is 4.15. The van der Waals surface area contributed by atoms with Gasteiger partial charge in [-0.15, -0.1) is 0 Å². The second-order valence-electron chi connectivity index (χ2n) is 7.66. The van der Waals surface area contributed by atoms with Gasteiger partial charge in [-0.1, -0.05) is 22.0 Å². The predicted molar refractivity (Wildman–Crippen MR) is 128 cm³/mol. The number of carbonyl (C=O) groups is 1. The van der Waals surface area contributed by atoms with E-state index in [1.807, 2.05) is 43.3 Å². The second kappa shape index (κ2) is 10.1. The topological polar surface area (TPSA) is 103 Å². The van der Waals surface area contributed by atoms with E-state index in [-0.39, 0.29) is 12.1 Å². The van der Waals surface area contributed by atoms with Crippen molar-refractivity contribution >= 4 is 50.0 Å². The van der Waals surface area contributed by atoms with Crippen molar-refractivity contribution in [2.24, 2.45) is 0 Å². The fraction of sp³-hybridized carbons (Fsp3) is 0.348. The molecule has 4 rings (SSSR count). The number of hydrogen-bond acceptors (Lipinski definition) is 8. The summed E-state index contributed by atoms with van der Waals surface area (Å²) >= 11 is 3.48. The Morgan fingerprint density at radius 1 is 1.25 bits per heavy atom. The van der Waals surface area contributed by atoms with E-state index in [1.165, 1.54) is 6.33 Å². The van der Waals surface area contributed by atoms with Gasteiger partial charge in [-0.3, -0.25) is 9.69 Å². The van der Waals surface area contributed by atoms with Crippen LogP contribution in [0.5, 0.6) is 5.75 Å². The summed E-state index contributed by atoms with van der Waals surface area (Å²) in [7, 11) is 0. The third-order valence-corrected chi connectivity index (χ3v) is 5.83. The van der Waals surface area contributed by atoms with Gasteiger partial charge in [0.2, 0.25) is 0 Å². The second-order valence-corrected chi connectivity index (χ2v) is 8.58. The van der Waals surface area contributed by atoms with Gasteiger partial charge in [0.25, 0.3) is 0 Å². The highest BCUT2D eigenvalue weighted by molar-refractivity contribution is 9.10. The Bertz CT molecular complexity index is 1100. The number of nitrogen functional groups attached to an aromatic ring is 1. The molecule has 1 fully saturated rings. The Morgan fingerprint density at radius 3 is 2.81 bits per heavy atom. The molecule has 0 saturated carbocycles. The molecular formula is C23H26BrN5O3. The lowest BCUT2D eigenvalue weighted by molar-refractivity contribution is -0.144. The maximum Gasteiger partial charge on any atom is 0.320 e. The van der Waals surface area contributed by atoms with Crippen molar-refractivity contribution in [2.45, 2.75) is 25.9 Å². The Morgan fingerprint density at radius 2 is 2.06 bits per heavy atom. The van der Waals surface area contributed by atoms with Crippen LogP contribution in [0.1, 0.15) is 19.8 Å². The first-order chi connectivity index (χ1) is 15.5. The standard InChI is InChI=1S/C23H26BrN5O3/c1-2-31-22(30)13-29-8-6-17(7-9-29)32-21-12-20-18(11-19(21)25)23(27-14-26-20)28-16-5-3-4-15(24)10-16/h3-5,10-12,14,17H,2,6-9,13,25H2,1H3,(H,26,27,28). The number of piperidine rings is 1. The molecule has 1 aromatic heterocycles. The highest BCUT2D eigenvalue weighted by Gasteiger charge is 2.23. The van der Waals surface area contributed by atoms with Crippen LogP contribution in [0.4, 0.5) is 17.2 Å². The molecule has 8 nitrogen and oxygen atoms in total. The van der Waals surface area contributed by atoms with Crippen LogP contribution in [0.25, 0.3) is 10.9 Å². The molecule has 0 amide bonds. The van der Waals surface area contributed by atoms with Crippen LogP contribution < -0.4 is 15.8 Å². The number of likely N-dealkylation sites (tertiary alicyclic amines) is 1. The maximum absolute atomic E-state index is 11.7. The number of carbonyl (C=O) groups excluding carboxylic acids is 1. The number of fused-ring (bicyclic) bond motifs is 1. The first-order valence-electron chi connectivity index (χ1n) is 10.6. The molecule has 0 unspecified atom stereocenters. The van der Waals surface area contributed by atoms with Crippen LogP contribution in [0.2, 0.25) is 0 Å². The largest absolute Gasteiger partial charge is 0.488 e. The summed E-state index contributed by atoms with van der Waals surface area (Å²) in [6.45, 7) is 4.10. The van der Waals surface area contributed by atoms with Crippen LogP contribution in [-0.2, 0) is 9.53 Å². The summed E-state index contributed by atoms with van der Waals surface area (Å²) in [4.78, 5) is 22.6.